The molecule has 0 bridgehead atoms. The van der Waals surface area contributed by atoms with Gasteiger partial charge in [-0.3, -0.25) is 4.79 Å². The number of carbonyl (C=O) groups excluding carboxylic acids is 1. The van der Waals surface area contributed by atoms with Gasteiger partial charge in [-0.1, -0.05) is 30.3 Å². The number of rotatable bonds is 5. The summed E-state index contributed by atoms with van der Waals surface area (Å²) in [6.45, 7) is 2.24. The number of ether oxygens (including phenoxy) is 1. The van der Waals surface area contributed by atoms with E-state index >= 15 is 0 Å². The first-order valence-electron chi connectivity index (χ1n) is 5.71. The molecule has 0 saturated carbocycles. The van der Waals surface area contributed by atoms with Crippen LogP contribution in [0.15, 0.2) is 52.1 Å². The van der Waals surface area contributed by atoms with E-state index in [-0.39, 0.29) is 11.2 Å². The van der Waals surface area contributed by atoms with Crippen LogP contribution in [-0.2, 0) is 9.53 Å². The standard InChI is InChI=1S/C14H14O2S2/c1-2-16-14(15)13(11-6-4-3-5-7-11)18-12-8-9-17-10-12/h3-10,13H,2H2,1H3. The predicted molar refractivity (Wildman–Crippen MR) is 76.0 cm³/mol. The van der Waals surface area contributed by atoms with Gasteiger partial charge in [-0.15, -0.1) is 11.8 Å². The molecule has 2 aromatic rings. The van der Waals surface area contributed by atoms with Crippen molar-refractivity contribution < 1.29 is 9.53 Å². The monoisotopic (exact) mass is 278 g/mol. The average Bonchev–Trinajstić information content (AvgIpc) is 2.90. The quantitative estimate of drug-likeness (QED) is 0.607. The molecule has 1 atom stereocenters. The molecule has 0 fully saturated rings. The fourth-order valence-electron chi connectivity index (χ4n) is 1.55. The first-order valence-corrected chi connectivity index (χ1v) is 7.54. The van der Waals surface area contributed by atoms with E-state index in [0.29, 0.717) is 6.61 Å². The second kappa shape index (κ2) is 6.61. The van der Waals surface area contributed by atoms with E-state index < -0.39 is 0 Å². The summed E-state index contributed by atoms with van der Waals surface area (Å²) in [5.74, 6) is -0.181. The lowest BCUT2D eigenvalue weighted by Crippen LogP contribution is -2.13. The topological polar surface area (TPSA) is 26.3 Å². The van der Waals surface area contributed by atoms with Gasteiger partial charge in [-0.05, 0) is 23.9 Å². The lowest BCUT2D eigenvalue weighted by Gasteiger charge is -2.14. The highest BCUT2D eigenvalue weighted by molar-refractivity contribution is 8.00. The molecule has 94 valence electrons. The number of carbonyl (C=O) groups is 1. The van der Waals surface area contributed by atoms with E-state index in [1.165, 1.54) is 11.8 Å². The van der Waals surface area contributed by atoms with Gasteiger partial charge in [0.25, 0.3) is 0 Å². The summed E-state index contributed by atoms with van der Waals surface area (Å²) < 4.78 is 5.15. The van der Waals surface area contributed by atoms with Gasteiger partial charge in [0.1, 0.15) is 5.25 Å². The highest BCUT2D eigenvalue weighted by Gasteiger charge is 2.23. The third-order valence-corrected chi connectivity index (χ3v) is 4.41. The number of benzene rings is 1. The third kappa shape index (κ3) is 3.37. The Morgan fingerprint density at radius 2 is 2.11 bits per heavy atom. The molecular weight excluding hydrogens is 264 g/mol. The van der Waals surface area contributed by atoms with Crippen LogP contribution in [0.2, 0.25) is 0 Å². The van der Waals surface area contributed by atoms with Crippen molar-refractivity contribution in [3.63, 3.8) is 0 Å². The lowest BCUT2D eigenvalue weighted by atomic mass is 10.1. The van der Waals surface area contributed by atoms with Crippen molar-refractivity contribution in [2.75, 3.05) is 6.61 Å². The third-order valence-electron chi connectivity index (χ3n) is 2.35. The molecule has 1 aromatic carbocycles. The SMILES string of the molecule is CCOC(=O)C(Sc1ccsc1)c1ccccc1. The van der Waals surface area contributed by atoms with Crippen LogP contribution in [0.1, 0.15) is 17.7 Å². The Bertz CT molecular complexity index is 480. The van der Waals surface area contributed by atoms with Crippen molar-refractivity contribution in [3.05, 3.63) is 52.7 Å². The zero-order chi connectivity index (χ0) is 12.8. The van der Waals surface area contributed by atoms with Crippen LogP contribution < -0.4 is 0 Å². The van der Waals surface area contributed by atoms with Gasteiger partial charge in [-0.2, -0.15) is 11.3 Å². The molecule has 0 radical (unpaired) electrons. The maximum absolute atomic E-state index is 12.0. The summed E-state index contributed by atoms with van der Waals surface area (Å²) in [7, 11) is 0. The number of hydrogen-bond acceptors (Lipinski definition) is 4. The summed E-state index contributed by atoms with van der Waals surface area (Å²) in [4.78, 5) is 13.1. The highest BCUT2D eigenvalue weighted by atomic mass is 32.2. The smallest absolute Gasteiger partial charge is 0.323 e. The Morgan fingerprint density at radius 3 is 2.72 bits per heavy atom. The van der Waals surface area contributed by atoms with Crippen molar-refractivity contribution in [2.24, 2.45) is 0 Å². The maximum Gasteiger partial charge on any atom is 0.323 e. The molecule has 1 aromatic heterocycles. The minimum absolute atomic E-state index is 0.181. The van der Waals surface area contributed by atoms with Gasteiger partial charge in [0.2, 0.25) is 0 Å². The number of esters is 1. The second-order valence-electron chi connectivity index (χ2n) is 3.62. The van der Waals surface area contributed by atoms with Gasteiger partial charge in [0.05, 0.1) is 6.61 Å². The number of thioether (sulfide) groups is 1. The Labute approximate surface area is 115 Å². The van der Waals surface area contributed by atoms with Crippen molar-refractivity contribution in [1.82, 2.24) is 0 Å². The number of thiophene rings is 1. The Balaban J connectivity index is 2.20. The molecule has 18 heavy (non-hydrogen) atoms. The Kier molecular flexibility index (Phi) is 4.84. The Hall–Kier alpha value is -1.26. The molecule has 4 heteroatoms. The fourth-order valence-corrected chi connectivity index (χ4v) is 3.42. The van der Waals surface area contributed by atoms with E-state index in [0.717, 1.165) is 10.5 Å². The first kappa shape index (κ1) is 13.2. The summed E-state index contributed by atoms with van der Waals surface area (Å²) in [6, 6.07) is 11.8. The molecular formula is C14H14O2S2. The molecule has 0 amide bonds. The van der Waals surface area contributed by atoms with Gasteiger partial charge in [0.15, 0.2) is 0 Å². The molecule has 0 aliphatic carbocycles. The molecule has 0 N–H and O–H groups in total. The predicted octanol–water partition coefficient (Wildman–Crippen LogP) is 4.14. The second-order valence-corrected chi connectivity index (χ2v) is 5.58. The van der Waals surface area contributed by atoms with E-state index in [1.54, 1.807) is 11.3 Å². The highest BCUT2D eigenvalue weighted by Crippen LogP contribution is 2.37. The first-order chi connectivity index (χ1) is 8.81. The zero-order valence-electron chi connectivity index (χ0n) is 10.0. The number of hydrogen-bond donors (Lipinski definition) is 0. The van der Waals surface area contributed by atoms with Crippen molar-refractivity contribution in [3.8, 4) is 0 Å². The van der Waals surface area contributed by atoms with Crippen molar-refractivity contribution in [1.29, 1.82) is 0 Å². The van der Waals surface area contributed by atoms with Crippen LogP contribution in [-0.4, -0.2) is 12.6 Å². The van der Waals surface area contributed by atoms with E-state index in [1.807, 2.05) is 54.1 Å². The van der Waals surface area contributed by atoms with Crippen LogP contribution in [0.5, 0.6) is 0 Å². The molecule has 2 nitrogen and oxygen atoms in total. The van der Waals surface area contributed by atoms with Gasteiger partial charge >= 0.3 is 5.97 Å². The normalized spacial score (nSPS) is 12.1. The maximum atomic E-state index is 12.0. The molecule has 0 saturated heterocycles. The van der Waals surface area contributed by atoms with Crippen molar-refractivity contribution in [2.45, 2.75) is 17.1 Å². The fraction of sp³-hybridized carbons (Fsp3) is 0.214. The van der Waals surface area contributed by atoms with Crippen LogP contribution in [0.3, 0.4) is 0 Å². The lowest BCUT2D eigenvalue weighted by molar-refractivity contribution is -0.142. The molecule has 2 rings (SSSR count). The summed E-state index contributed by atoms with van der Waals surface area (Å²) in [5, 5.41) is 3.76. The van der Waals surface area contributed by atoms with Crippen molar-refractivity contribution >= 4 is 29.1 Å². The van der Waals surface area contributed by atoms with Crippen LogP contribution >= 0.6 is 23.1 Å². The summed E-state index contributed by atoms with van der Waals surface area (Å²) >= 11 is 3.16. The summed E-state index contributed by atoms with van der Waals surface area (Å²) in [6.07, 6.45) is 0. The minimum Gasteiger partial charge on any atom is -0.465 e. The molecule has 1 heterocycles. The molecule has 1 unspecified atom stereocenters. The van der Waals surface area contributed by atoms with Gasteiger partial charge < -0.3 is 4.74 Å². The largest absolute Gasteiger partial charge is 0.465 e. The molecule has 0 spiro atoms. The van der Waals surface area contributed by atoms with E-state index in [9.17, 15) is 4.79 Å². The molecule has 0 aliphatic heterocycles. The van der Waals surface area contributed by atoms with Gasteiger partial charge in [0, 0.05) is 10.3 Å². The molecule has 0 aliphatic rings. The zero-order valence-corrected chi connectivity index (χ0v) is 11.7. The van der Waals surface area contributed by atoms with Crippen LogP contribution in [0.25, 0.3) is 0 Å². The average molecular weight is 278 g/mol. The van der Waals surface area contributed by atoms with E-state index in [2.05, 4.69) is 0 Å². The van der Waals surface area contributed by atoms with Crippen LogP contribution in [0, 0.1) is 0 Å². The van der Waals surface area contributed by atoms with Crippen LogP contribution in [0.4, 0.5) is 0 Å². The van der Waals surface area contributed by atoms with Gasteiger partial charge in [-0.25, -0.2) is 0 Å². The van der Waals surface area contributed by atoms with E-state index in [4.69, 9.17) is 4.74 Å². The minimum atomic E-state index is -0.291. The Morgan fingerprint density at radius 1 is 1.33 bits per heavy atom. The summed E-state index contributed by atoms with van der Waals surface area (Å²) in [5.41, 5.74) is 0.979.